The van der Waals surface area contributed by atoms with E-state index in [1.54, 1.807) is 0 Å². The largest absolute Gasteiger partial charge is 0.394 e. The lowest BCUT2D eigenvalue weighted by Crippen LogP contribution is -1.95. The fourth-order valence-electron chi connectivity index (χ4n) is 0.575. The summed E-state index contributed by atoms with van der Waals surface area (Å²) in [5, 5.41) is 9.08. The fraction of sp³-hybridized carbons (Fsp3) is 0.167. The zero-order valence-corrected chi connectivity index (χ0v) is 7.56. The lowest BCUT2D eigenvalue weighted by atomic mass is 10.6. The average molecular weight is 201 g/mol. The van der Waals surface area contributed by atoms with Gasteiger partial charge in [-0.05, 0) is 0 Å². The van der Waals surface area contributed by atoms with Gasteiger partial charge in [-0.25, -0.2) is 9.97 Å². The van der Waals surface area contributed by atoms with E-state index in [0.717, 1.165) is 0 Å². The molecule has 0 unspecified atom stereocenters. The van der Waals surface area contributed by atoms with Crippen LogP contribution in [0.3, 0.4) is 0 Å². The Morgan fingerprint density at radius 3 is 3.08 bits per heavy atom. The lowest BCUT2D eigenvalue weighted by molar-refractivity contribution is 1.06. The molecule has 0 aromatic carbocycles. The number of nitrogens with two attached hydrogens (primary N) is 1. The van der Waals surface area contributed by atoms with E-state index in [1.165, 1.54) is 18.1 Å². The highest BCUT2D eigenvalue weighted by Gasteiger charge is 2.05. The molecule has 0 saturated carbocycles. The summed E-state index contributed by atoms with van der Waals surface area (Å²) in [6, 6.07) is 1.97. The number of nitrogens with zero attached hydrogens (tertiary/aromatic N) is 3. The zero-order valence-electron chi connectivity index (χ0n) is 5.99. The van der Waals surface area contributed by atoms with Crippen molar-refractivity contribution in [3.63, 3.8) is 0 Å². The van der Waals surface area contributed by atoms with Gasteiger partial charge in [0, 0.05) is 0 Å². The maximum Gasteiger partial charge on any atom is 0.156 e. The van der Waals surface area contributed by atoms with Crippen molar-refractivity contribution in [3.05, 3.63) is 11.5 Å². The molecule has 12 heavy (non-hydrogen) atoms. The van der Waals surface area contributed by atoms with Crippen LogP contribution in [0.1, 0.15) is 0 Å². The van der Waals surface area contributed by atoms with E-state index in [-0.39, 0.29) is 5.15 Å². The topological polar surface area (TPSA) is 75.6 Å². The third-order valence-corrected chi connectivity index (χ3v) is 2.25. The Bertz CT molecular complexity index is 322. The summed E-state index contributed by atoms with van der Waals surface area (Å²) in [6.07, 6.45) is 1.32. The van der Waals surface area contributed by atoms with Crippen LogP contribution in [0.15, 0.2) is 11.4 Å². The van der Waals surface area contributed by atoms with Crippen LogP contribution >= 0.6 is 23.4 Å². The molecule has 0 spiro atoms. The van der Waals surface area contributed by atoms with E-state index in [1.807, 2.05) is 6.07 Å². The Labute approximate surface area is 78.8 Å². The maximum atomic E-state index is 8.30. The van der Waals surface area contributed by atoms with E-state index < -0.39 is 0 Å². The third kappa shape index (κ3) is 2.00. The van der Waals surface area contributed by atoms with Crippen LogP contribution in [-0.4, -0.2) is 15.7 Å². The lowest BCUT2D eigenvalue weighted by Gasteiger charge is -2.00. The number of rotatable bonds is 2. The predicted octanol–water partition coefficient (Wildman–Crippen LogP) is 1.33. The molecule has 0 saturated heterocycles. The molecule has 0 atom stereocenters. The van der Waals surface area contributed by atoms with Gasteiger partial charge in [0.2, 0.25) is 0 Å². The minimum Gasteiger partial charge on any atom is -0.394 e. The minimum atomic E-state index is 0.227. The highest BCUT2D eigenvalue weighted by atomic mass is 35.5. The normalized spacial score (nSPS) is 9.33. The van der Waals surface area contributed by atoms with Crippen molar-refractivity contribution in [2.75, 3.05) is 11.5 Å². The van der Waals surface area contributed by atoms with Gasteiger partial charge in [-0.3, -0.25) is 0 Å². The summed E-state index contributed by atoms with van der Waals surface area (Å²) in [5.74, 6) is 0.303. The van der Waals surface area contributed by atoms with E-state index in [2.05, 4.69) is 9.97 Å². The summed E-state index contributed by atoms with van der Waals surface area (Å²) < 4.78 is 0. The summed E-state index contributed by atoms with van der Waals surface area (Å²) in [6.45, 7) is 0. The molecule has 1 heterocycles. The van der Waals surface area contributed by atoms with Gasteiger partial charge in [0.1, 0.15) is 17.0 Å². The quantitative estimate of drug-likeness (QED) is 0.576. The SMILES string of the molecule is N#CCSc1ncnc(Cl)c1N. The number of thioether (sulfide) groups is 1. The second kappa shape index (κ2) is 4.14. The average Bonchev–Trinajstić information content (AvgIpc) is 2.08. The first-order valence-corrected chi connectivity index (χ1v) is 4.37. The monoisotopic (exact) mass is 200 g/mol. The van der Waals surface area contributed by atoms with E-state index >= 15 is 0 Å². The molecule has 0 amide bonds. The van der Waals surface area contributed by atoms with Gasteiger partial charge < -0.3 is 5.73 Å². The van der Waals surface area contributed by atoms with E-state index in [4.69, 9.17) is 22.6 Å². The van der Waals surface area contributed by atoms with Gasteiger partial charge in [-0.2, -0.15) is 5.26 Å². The van der Waals surface area contributed by atoms with Crippen LogP contribution in [0.2, 0.25) is 5.15 Å². The summed E-state index contributed by atoms with van der Waals surface area (Å²) in [5.41, 5.74) is 5.87. The molecule has 1 aromatic rings. The molecule has 2 N–H and O–H groups in total. The van der Waals surface area contributed by atoms with Crippen molar-refractivity contribution in [2.45, 2.75) is 5.03 Å². The molecular formula is C6H5ClN4S. The fourth-order valence-corrected chi connectivity index (χ4v) is 1.34. The molecule has 1 rings (SSSR count). The Morgan fingerprint density at radius 2 is 2.42 bits per heavy atom. The zero-order chi connectivity index (χ0) is 8.97. The Hall–Kier alpha value is -0.990. The molecule has 0 aliphatic carbocycles. The van der Waals surface area contributed by atoms with Gasteiger partial charge in [0.25, 0.3) is 0 Å². The first kappa shape index (κ1) is 9.10. The van der Waals surface area contributed by atoms with Gasteiger partial charge >= 0.3 is 0 Å². The molecule has 1 aromatic heterocycles. The number of anilines is 1. The summed E-state index contributed by atoms with van der Waals surface area (Å²) >= 11 is 6.86. The first-order chi connectivity index (χ1) is 5.75. The van der Waals surface area contributed by atoms with Crippen LogP contribution in [0.5, 0.6) is 0 Å². The number of hydrogen-bond donors (Lipinski definition) is 1. The Balaban J connectivity index is 2.86. The molecule has 0 aliphatic rings. The molecule has 0 aliphatic heterocycles. The Kier molecular flexibility index (Phi) is 3.14. The molecular weight excluding hydrogens is 196 g/mol. The first-order valence-electron chi connectivity index (χ1n) is 3.01. The van der Waals surface area contributed by atoms with Gasteiger partial charge in [0.05, 0.1) is 11.8 Å². The van der Waals surface area contributed by atoms with Gasteiger partial charge in [-0.1, -0.05) is 23.4 Å². The molecule has 6 heteroatoms. The van der Waals surface area contributed by atoms with Crippen LogP contribution in [-0.2, 0) is 0 Å². The summed E-state index contributed by atoms with van der Waals surface area (Å²) in [4.78, 5) is 7.55. The summed E-state index contributed by atoms with van der Waals surface area (Å²) in [7, 11) is 0. The van der Waals surface area contributed by atoms with Crippen LogP contribution in [0.4, 0.5) is 5.69 Å². The van der Waals surface area contributed by atoms with E-state index in [9.17, 15) is 0 Å². The third-order valence-electron chi connectivity index (χ3n) is 1.07. The number of hydrogen-bond acceptors (Lipinski definition) is 5. The molecule has 62 valence electrons. The molecule has 0 fully saturated rings. The van der Waals surface area contributed by atoms with Crippen molar-refractivity contribution in [2.24, 2.45) is 0 Å². The van der Waals surface area contributed by atoms with Crippen molar-refractivity contribution < 1.29 is 0 Å². The number of aromatic nitrogens is 2. The number of halogens is 1. The van der Waals surface area contributed by atoms with Crippen LogP contribution < -0.4 is 5.73 Å². The van der Waals surface area contributed by atoms with Gasteiger partial charge in [0.15, 0.2) is 5.15 Å². The van der Waals surface area contributed by atoms with Crippen LogP contribution in [0, 0.1) is 11.3 Å². The molecule has 4 nitrogen and oxygen atoms in total. The van der Waals surface area contributed by atoms with Crippen molar-refractivity contribution >= 4 is 29.1 Å². The minimum absolute atomic E-state index is 0.227. The smallest absolute Gasteiger partial charge is 0.156 e. The van der Waals surface area contributed by atoms with Crippen LogP contribution in [0.25, 0.3) is 0 Å². The van der Waals surface area contributed by atoms with Crippen molar-refractivity contribution in [1.82, 2.24) is 9.97 Å². The van der Waals surface area contributed by atoms with Crippen molar-refractivity contribution in [3.8, 4) is 6.07 Å². The number of nitriles is 1. The highest BCUT2D eigenvalue weighted by molar-refractivity contribution is 7.99. The molecule has 0 bridgehead atoms. The molecule has 0 radical (unpaired) electrons. The van der Waals surface area contributed by atoms with E-state index in [0.29, 0.717) is 16.5 Å². The number of nitrogen functional groups attached to an aromatic ring is 1. The standard InChI is InChI=1S/C6H5ClN4S/c7-5-4(9)6(11-3-10-5)12-2-1-8/h3H,2,9H2. The second-order valence-electron chi connectivity index (χ2n) is 1.83. The van der Waals surface area contributed by atoms with Crippen molar-refractivity contribution in [1.29, 1.82) is 5.26 Å². The highest BCUT2D eigenvalue weighted by Crippen LogP contribution is 2.26. The second-order valence-corrected chi connectivity index (χ2v) is 3.15. The Morgan fingerprint density at radius 1 is 1.67 bits per heavy atom. The predicted molar refractivity (Wildman–Crippen MR) is 47.8 cm³/mol. The maximum absolute atomic E-state index is 8.30. The van der Waals surface area contributed by atoms with Gasteiger partial charge in [-0.15, -0.1) is 0 Å².